The fourth-order valence-electron chi connectivity index (χ4n) is 7.00. The van der Waals surface area contributed by atoms with Crippen molar-refractivity contribution in [3.05, 3.63) is 174 Å². The maximum atomic E-state index is 16.7. The van der Waals surface area contributed by atoms with Crippen molar-refractivity contribution in [1.29, 1.82) is 0 Å². The maximum Gasteiger partial charge on any atom is 0.189 e. The Morgan fingerprint density at radius 3 is 1.58 bits per heavy atom. The number of fused-ring (bicyclic) bond motifs is 8. The molecule has 2 aliphatic rings. The van der Waals surface area contributed by atoms with Crippen LogP contribution < -0.4 is 0 Å². The van der Waals surface area contributed by atoms with Crippen LogP contribution in [0.5, 0.6) is 0 Å². The van der Waals surface area contributed by atoms with E-state index < -0.39 is 51.5 Å². The molecule has 0 atom stereocenters. The van der Waals surface area contributed by atoms with Gasteiger partial charge in [0.15, 0.2) is 29.1 Å². The summed E-state index contributed by atoms with van der Waals surface area (Å²) in [4.78, 5) is 11.3. The molecule has 0 aliphatic carbocycles. The highest BCUT2D eigenvalue weighted by atomic mass is 19.2. The molecule has 53 heavy (non-hydrogen) atoms. The van der Waals surface area contributed by atoms with Gasteiger partial charge >= 0.3 is 0 Å². The minimum atomic E-state index is -1.65. The van der Waals surface area contributed by atoms with Crippen LogP contribution >= 0.6 is 0 Å². The second kappa shape index (κ2) is 12.7. The van der Waals surface area contributed by atoms with E-state index in [0.717, 1.165) is 16.7 Å². The van der Waals surface area contributed by atoms with Crippen LogP contribution in [0.2, 0.25) is 0 Å². The number of para-hydroxylation sites is 1. The Kier molecular flexibility index (Phi) is 7.69. The van der Waals surface area contributed by atoms with E-state index >= 15 is 22.0 Å². The van der Waals surface area contributed by atoms with Gasteiger partial charge in [0.25, 0.3) is 0 Å². The van der Waals surface area contributed by atoms with Crippen molar-refractivity contribution in [3.8, 4) is 39.1 Å². The Bertz CT molecular complexity index is 2810. The van der Waals surface area contributed by atoms with E-state index in [0.29, 0.717) is 33.5 Å². The van der Waals surface area contributed by atoms with Crippen LogP contribution in [-0.2, 0) is 0 Å². The van der Waals surface area contributed by atoms with Crippen molar-refractivity contribution in [1.82, 2.24) is 19.5 Å². The predicted molar refractivity (Wildman–Crippen MR) is 200 cm³/mol. The zero-order valence-electron chi connectivity index (χ0n) is 27.6. The van der Waals surface area contributed by atoms with Crippen LogP contribution in [0, 0.1) is 17.5 Å². The molecule has 0 saturated heterocycles. The molecule has 0 spiro atoms. The lowest BCUT2D eigenvalue weighted by Gasteiger charge is -2.13. The van der Waals surface area contributed by atoms with Gasteiger partial charge in [0.2, 0.25) is 0 Å². The lowest BCUT2D eigenvalue weighted by molar-refractivity contribution is 0.522. The van der Waals surface area contributed by atoms with E-state index in [9.17, 15) is 0 Å². The van der Waals surface area contributed by atoms with Gasteiger partial charge in [0.1, 0.15) is 16.9 Å². The van der Waals surface area contributed by atoms with Gasteiger partial charge in [-0.05, 0) is 53.1 Å². The quantitative estimate of drug-likeness (QED) is 0.185. The Labute approximate surface area is 299 Å². The third-order valence-corrected chi connectivity index (χ3v) is 9.31. The third kappa shape index (κ3) is 5.28. The van der Waals surface area contributed by atoms with Gasteiger partial charge in [0.05, 0.1) is 27.9 Å². The van der Waals surface area contributed by atoms with Crippen LogP contribution in [0.1, 0.15) is 22.8 Å². The molecule has 5 heterocycles. The molecule has 256 valence electrons. The summed E-state index contributed by atoms with van der Waals surface area (Å²) in [5.74, 6) is -7.70. The molecule has 1 N–H and O–H groups in total. The molecule has 0 amide bonds. The fraction of sp³-hybridized carbons (Fsp3) is 0. The number of hydrogen-bond donors (Lipinski definition) is 1. The second-order valence-corrected chi connectivity index (χ2v) is 12.5. The van der Waals surface area contributed by atoms with Crippen LogP contribution in [0.3, 0.4) is 0 Å². The van der Waals surface area contributed by atoms with Gasteiger partial charge in [0, 0.05) is 22.4 Å². The predicted octanol–water partition coefficient (Wildman–Crippen LogP) is 12.1. The van der Waals surface area contributed by atoms with Crippen molar-refractivity contribution in [3.63, 3.8) is 0 Å². The Morgan fingerprint density at radius 1 is 0.472 bits per heavy atom. The smallest absolute Gasteiger partial charge is 0.189 e. The van der Waals surface area contributed by atoms with Gasteiger partial charge in [-0.2, -0.15) is 0 Å². The number of nitrogens with one attached hydrogen (secondary N) is 1. The van der Waals surface area contributed by atoms with E-state index in [1.165, 1.54) is 6.07 Å². The first-order chi connectivity index (χ1) is 25.9. The highest BCUT2D eigenvalue weighted by Gasteiger charge is 2.32. The standard InChI is InChI=1S/C44H25F5N4/c45-36-31-23-28-21-22-29(50-28)24-32-33(25-13-5-1-6-14-25)34(26-15-7-2-8-16-26)44(53(32)30-19-11-4-12-20-30)35(27-17-9-3-10-18-27)41-38(47)39(48)43(52-41)40(49)42(51-31)37(36)46/h1-24,51H. The van der Waals surface area contributed by atoms with E-state index in [2.05, 4.69) is 9.97 Å². The van der Waals surface area contributed by atoms with E-state index in [1.807, 2.05) is 102 Å². The lowest BCUT2D eigenvalue weighted by Crippen LogP contribution is -1.98. The molecule has 4 nitrogen and oxygen atoms in total. The molecule has 3 aromatic heterocycles. The number of aromatic amines is 1. The molecule has 0 radical (unpaired) electrons. The second-order valence-electron chi connectivity index (χ2n) is 12.5. The first-order valence-electron chi connectivity index (χ1n) is 16.7. The van der Waals surface area contributed by atoms with Crippen LogP contribution in [0.25, 0.3) is 84.9 Å². The number of aromatic nitrogens is 4. The van der Waals surface area contributed by atoms with Crippen molar-refractivity contribution in [2.45, 2.75) is 0 Å². The maximum absolute atomic E-state index is 16.7. The average Bonchev–Trinajstić information content (AvgIpc) is 3.94. The zero-order valence-corrected chi connectivity index (χ0v) is 27.6. The minimum absolute atomic E-state index is 0.135. The Hall–Kier alpha value is -6.87. The van der Waals surface area contributed by atoms with Crippen molar-refractivity contribution >= 4 is 45.9 Å². The molecule has 9 rings (SSSR count). The Morgan fingerprint density at radius 2 is 0.981 bits per heavy atom. The molecule has 2 aliphatic heterocycles. The summed E-state index contributed by atoms with van der Waals surface area (Å²) in [5.41, 5.74) is 2.94. The van der Waals surface area contributed by atoms with E-state index in [4.69, 9.17) is 4.98 Å². The summed E-state index contributed by atoms with van der Waals surface area (Å²) in [5, 5.41) is 0. The van der Waals surface area contributed by atoms with Gasteiger partial charge in [-0.3, -0.25) is 0 Å². The van der Waals surface area contributed by atoms with Crippen molar-refractivity contribution < 1.29 is 22.0 Å². The average molecular weight is 705 g/mol. The lowest BCUT2D eigenvalue weighted by atomic mass is 9.93. The number of H-pyrrole nitrogens is 1. The number of nitrogens with zero attached hydrogens (tertiary/aromatic N) is 3. The number of hydrogen-bond acceptors (Lipinski definition) is 2. The fourth-order valence-corrected chi connectivity index (χ4v) is 7.00. The third-order valence-electron chi connectivity index (χ3n) is 9.31. The van der Waals surface area contributed by atoms with Gasteiger partial charge < -0.3 is 9.55 Å². The summed E-state index contributed by atoms with van der Waals surface area (Å²) in [6.45, 7) is 0. The van der Waals surface area contributed by atoms with Crippen LogP contribution in [-0.4, -0.2) is 19.5 Å². The monoisotopic (exact) mass is 704 g/mol. The first-order valence-corrected chi connectivity index (χ1v) is 16.7. The van der Waals surface area contributed by atoms with Crippen molar-refractivity contribution in [2.24, 2.45) is 0 Å². The highest BCUT2D eigenvalue weighted by molar-refractivity contribution is 6.11. The topological polar surface area (TPSA) is 46.5 Å². The highest BCUT2D eigenvalue weighted by Crippen LogP contribution is 2.49. The molecular formula is C44H25F5N4. The summed E-state index contributed by atoms with van der Waals surface area (Å²) in [6.07, 6.45) is 3.36. The minimum Gasteiger partial charge on any atom is -0.348 e. The molecule has 8 bridgehead atoms. The number of benzene rings is 4. The summed E-state index contributed by atoms with van der Waals surface area (Å²) < 4.78 is 81.5. The molecule has 0 fully saturated rings. The summed E-state index contributed by atoms with van der Waals surface area (Å²) in [7, 11) is 0. The largest absolute Gasteiger partial charge is 0.348 e. The van der Waals surface area contributed by atoms with Crippen molar-refractivity contribution in [2.75, 3.05) is 0 Å². The zero-order chi connectivity index (χ0) is 36.2. The number of rotatable bonds is 4. The van der Waals surface area contributed by atoms with Crippen LogP contribution in [0.4, 0.5) is 22.0 Å². The summed E-state index contributed by atoms with van der Waals surface area (Å²) in [6, 6.07) is 40.4. The van der Waals surface area contributed by atoms with Gasteiger partial charge in [-0.15, -0.1) is 0 Å². The molecule has 0 saturated carbocycles. The van der Waals surface area contributed by atoms with Gasteiger partial charge in [-0.25, -0.2) is 31.9 Å². The molecular weight excluding hydrogens is 680 g/mol. The summed E-state index contributed by atoms with van der Waals surface area (Å²) >= 11 is 0. The van der Waals surface area contributed by atoms with Crippen LogP contribution in [0.15, 0.2) is 133 Å². The Balaban J connectivity index is 1.66. The SMILES string of the molecule is FC1=C(F)c2nc1c(F)c1[nH]c(cc3nc(cc4c(-c5ccccc5)c(-c5ccccc5)c(c2-c2ccccc2)n4-c2ccccc2)C=C3)c(F)c1F. The molecule has 9 heteroatoms. The normalized spacial score (nSPS) is 12.5. The number of halogens is 5. The first kappa shape index (κ1) is 32.1. The van der Waals surface area contributed by atoms with E-state index in [-0.39, 0.29) is 11.3 Å². The van der Waals surface area contributed by atoms with E-state index in [1.54, 1.807) is 42.5 Å². The molecule has 7 aromatic rings. The van der Waals surface area contributed by atoms with Gasteiger partial charge in [-0.1, -0.05) is 109 Å². The molecule has 4 aromatic carbocycles. The molecule has 0 unspecified atom stereocenters.